The van der Waals surface area contributed by atoms with Gasteiger partial charge in [-0.3, -0.25) is 19.9 Å². The normalized spacial score (nSPS) is 11.0. The minimum atomic E-state index is 0.336. The van der Waals surface area contributed by atoms with Crippen LogP contribution in [0.5, 0.6) is 23.5 Å². The maximum Gasteiger partial charge on any atom is 0.224 e. The smallest absolute Gasteiger partial charge is 0.224 e. The molecule has 9 heteroatoms. The summed E-state index contributed by atoms with van der Waals surface area (Å²) in [5.41, 5.74) is 23.6. The standard InChI is InChI=1S/C77H51N7O2/c1-10-53(63-20-7-31-79-47-63)36-58(15-1)69-41-68(52-29-34-78-35-30-52)42-70(43-69)61-18-4-13-56(39-61)66-25-27-74(82-50-66)85-76-23-6-24-77(84-76)86-75-28-26-67(51-83-75)57-14-5-19-62(40-57)73-45-71(59-16-2-11-54(37-59)64-21-8-32-80-48-64)44-72(46-73)60-17-3-12-55(38-60)65-22-9-33-81-49-65/h1-51H. The summed E-state index contributed by atoms with van der Waals surface area (Å²) in [5.74, 6) is 1.47. The number of ether oxygens (including phenoxy) is 2. The first-order chi connectivity index (χ1) is 42.5. The molecule has 0 aliphatic rings. The van der Waals surface area contributed by atoms with E-state index in [4.69, 9.17) is 19.4 Å². The topological polar surface area (TPSA) is 109 Å². The van der Waals surface area contributed by atoms with Gasteiger partial charge in [0.15, 0.2) is 0 Å². The van der Waals surface area contributed by atoms with E-state index in [-0.39, 0.29) is 0 Å². The highest BCUT2D eigenvalue weighted by atomic mass is 16.5. The van der Waals surface area contributed by atoms with E-state index in [9.17, 15) is 0 Å². The van der Waals surface area contributed by atoms with Gasteiger partial charge < -0.3 is 9.47 Å². The molecule has 14 rings (SSSR count). The fourth-order valence-corrected chi connectivity index (χ4v) is 10.7. The van der Waals surface area contributed by atoms with Crippen LogP contribution in [-0.2, 0) is 0 Å². The summed E-state index contributed by atoms with van der Waals surface area (Å²) in [5, 5.41) is 0. The zero-order valence-corrected chi connectivity index (χ0v) is 46.4. The molecule has 0 saturated heterocycles. The van der Waals surface area contributed by atoms with Gasteiger partial charge in [0.1, 0.15) is 0 Å². The van der Waals surface area contributed by atoms with Crippen molar-refractivity contribution >= 4 is 0 Å². The number of rotatable bonds is 15. The zero-order valence-electron chi connectivity index (χ0n) is 46.4. The van der Waals surface area contributed by atoms with Crippen LogP contribution in [0.4, 0.5) is 0 Å². The number of pyridine rings is 7. The highest BCUT2D eigenvalue weighted by molar-refractivity contribution is 5.87. The van der Waals surface area contributed by atoms with Crippen LogP contribution in [-0.4, -0.2) is 34.9 Å². The highest BCUT2D eigenvalue weighted by Crippen LogP contribution is 2.39. The number of hydrogen-bond donors (Lipinski definition) is 0. The lowest BCUT2D eigenvalue weighted by atomic mass is 9.91. The van der Waals surface area contributed by atoms with Gasteiger partial charge in [0, 0.05) is 114 Å². The monoisotopic (exact) mass is 1110 g/mol. The number of benzene rings is 7. The van der Waals surface area contributed by atoms with Crippen molar-refractivity contribution in [1.29, 1.82) is 0 Å². The second-order valence-corrected chi connectivity index (χ2v) is 20.8. The molecule has 0 saturated carbocycles. The number of nitrogens with zero attached hydrogens (tertiary/aromatic N) is 7. The first kappa shape index (κ1) is 52.3. The third-order valence-corrected chi connectivity index (χ3v) is 15.1. The van der Waals surface area contributed by atoms with Crippen LogP contribution in [0.1, 0.15) is 0 Å². The van der Waals surface area contributed by atoms with E-state index >= 15 is 0 Å². The molecule has 7 aromatic carbocycles. The Kier molecular flexibility index (Phi) is 14.6. The minimum absolute atomic E-state index is 0.336. The molecular weight excluding hydrogens is 1050 g/mol. The Morgan fingerprint density at radius 3 is 0.733 bits per heavy atom. The fraction of sp³-hybridized carbons (Fsp3) is 0. The highest BCUT2D eigenvalue weighted by Gasteiger charge is 2.15. The van der Waals surface area contributed by atoms with E-state index < -0.39 is 0 Å². The van der Waals surface area contributed by atoms with Crippen LogP contribution in [0.15, 0.2) is 311 Å². The fourth-order valence-electron chi connectivity index (χ4n) is 10.7. The van der Waals surface area contributed by atoms with Gasteiger partial charge in [0.25, 0.3) is 0 Å². The van der Waals surface area contributed by atoms with Crippen molar-refractivity contribution in [3.05, 3.63) is 311 Å². The molecule has 14 aromatic rings. The van der Waals surface area contributed by atoms with E-state index in [1.165, 1.54) is 0 Å². The largest absolute Gasteiger partial charge is 0.421 e. The molecule has 0 spiro atoms. The van der Waals surface area contributed by atoms with E-state index in [1.807, 2.05) is 104 Å². The number of aromatic nitrogens is 7. The summed E-state index contributed by atoms with van der Waals surface area (Å²) >= 11 is 0. The van der Waals surface area contributed by atoms with Gasteiger partial charge in [0.2, 0.25) is 23.5 Å². The Morgan fingerprint density at radius 1 is 0.174 bits per heavy atom. The Labute approximate surface area is 498 Å². The summed E-state index contributed by atoms with van der Waals surface area (Å²) in [6.07, 6.45) is 18.4. The van der Waals surface area contributed by atoms with Gasteiger partial charge in [-0.05, 0) is 204 Å². The third kappa shape index (κ3) is 11.8. The van der Waals surface area contributed by atoms with Crippen molar-refractivity contribution in [2.24, 2.45) is 0 Å². The number of hydrogen-bond acceptors (Lipinski definition) is 9. The van der Waals surface area contributed by atoms with Crippen LogP contribution in [0.3, 0.4) is 0 Å². The predicted molar refractivity (Wildman–Crippen MR) is 344 cm³/mol. The van der Waals surface area contributed by atoms with Crippen LogP contribution >= 0.6 is 0 Å². The third-order valence-electron chi connectivity index (χ3n) is 15.1. The lowest BCUT2D eigenvalue weighted by molar-refractivity contribution is 0.410. The summed E-state index contributed by atoms with van der Waals surface area (Å²) < 4.78 is 12.4. The Balaban J connectivity index is 0.680. The lowest BCUT2D eigenvalue weighted by Gasteiger charge is -2.14. The SMILES string of the molecule is c1cncc(-c2cccc(-c3cc(-c4ccncc4)cc(-c4cccc(-c5ccc(Oc6cccc(Oc7ccc(-c8cccc(-c9cc(-c%10cccc(-c%11cccnc%11)c%10)cc(-c%10cccc(-c%11cccnc%11)c%10)c9)c8)cn7)n6)nc5)c4)c3)c2)c1. The molecule has 7 heterocycles. The van der Waals surface area contributed by atoms with Gasteiger partial charge in [-0.2, -0.15) is 4.98 Å². The second-order valence-electron chi connectivity index (χ2n) is 20.8. The average Bonchev–Trinajstić information content (AvgIpc) is 3.32. The van der Waals surface area contributed by atoms with E-state index in [0.29, 0.717) is 23.5 Å². The lowest BCUT2D eigenvalue weighted by Crippen LogP contribution is -1.94. The molecule has 0 atom stereocenters. The van der Waals surface area contributed by atoms with E-state index in [2.05, 4.69) is 201 Å². The molecule has 0 unspecified atom stereocenters. The molecule has 0 bridgehead atoms. The maximum absolute atomic E-state index is 6.20. The molecule has 0 fully saturated rings. The first-order valence-electron chi connectivity index (χ1n) is 28.2. The maximum atomic E-state index is 6.20. The van der Waals surface area contributed by atoms with Gasteiger partial charge in [0.05, 0.1) is 0 Å². The molecular formula is C77H51N7O2. The molecule has 406 valence electrons. The summed E-state index contributed by atoms with van der Waals surface area (Å²) in [6, 6.07) is 85.9. The van der Waals surface area contributed by atoms with Crippen LogP contribution in [0.2, 0.25) is 0 Å². The van der Waals surface area contributed by atoms with Crippen LogP contribution in [0, 0.1) is 0 Å². The van der Waals surface area contributed by atoms with Gasteiger partial charge >= 0.3 is 0 Å². The van der Waals surface area contributed by atoms with Gasteiger partial charge in [-0.1, -0.05) is 115 Å². The van der Waals surface area contributed by atoms with E-state index in [0.717, 1.165) is 122 Å². The molecule has 0 aliphatic heterocycles. The molecule has 0 N–H and O–H groups in total. The molecule has 0 aliphatic carbocycles. The zero-order chi connectivity index (χ0) is 57.4. The summed E-state index contributed by atoms with van der Waals surface area (Å²) in [7, 11) is 0. The van der Waals surface area contributed by atoms with Crippen molar-refractivity contribution < 1.29 is 9.47 Å². The Bertz CT molecular complexity index is 4580. The quantitative estimate of drug-likeness (QED) is 0.0991. The van der Waals surface area contributed by atoms with Crippen LogP contribution in [0.25, 0.3) is 122 Å². The molecule has 86 heavy (non-hydrogen) atoms. The summed E-state index contributed by atoms with van der Waals surface area (Å²) in [4.78, 5) is 31.5. The Hall–Kier alpha value is -11.8. The second kappa shape index (κ2) is 24.0. The molecule has 7 aromatic heterocycles. The van der Waals surface area contributed by atoms with Crippen molar-refractivity contribution in [3.63, 3.8) is 0 Å². The summed E-state index contributed by atoms with van der Waals surface area (Å²) in [6.45, 7) is 0. The van der Waals surface area contributed by atoms with Crippen molar-refractivity contribution in [1.82, 2.24) is 34.9 Å². The van der Waals surface area contributed by atoms with Crippen molar-refractivity contribution in [2.45, 2.75) is 0 Å². The van der Waals surface area contributed by atoms with Gasteiger partial charge in [-0.25, -0.2) is 9.97 Å². The minimum Gasteiger partial charge on any atom is -0.421 e. The first-order valence-corrected chi connectivity index (χ1v) is 28.2. The predicted octanol–water partition coefficient (Wildman–Crippen LogP) is 19.4. The van der Waals surface area contributed by atoms with Crippen molar-refractivity contribution in [3.8, 4) is 146 Å². The molecule has 9 nitrogen and oxygen atoms in total. The Morgan fingerprint density at radius 2 is 0.442 bits per heavy atom. The van der Waals surface area contributed by atoms with Crippen LogP contribution < -0.4 is 9.47 Å². The average molecular weight is 1110 g/mol. The van der Waals surface area contributed by atoms with Crippen molar-refractivity contribution in [2.75, 3.05) is 0 Å². The van der Waals surface area contributed by atoms with Gasteiger partial charge in [-0.15, -0.1) is 0 Å². The molecule has 0 amide bonds. The van der Waals surface area contributed by atoms with E-state index in [1.54, 1.807) is 30.7 Å². The molecule has 0 radical (unpaired) electrons.